The van der Waals surface area contributed by atoms with E-state index in [1.54, 1.807) is 0 Å². The fourth-order valence-corrected chi connectivity index (χ4v) is 2.35. The van der Waals surface area contributed by atoms with E-state index in [0.717, 1.165) is 19.6 Å². The molecule has 0 bridgehead atoms. The van der Waals surface area contributed by atoms with Crippen LogP contribution < -0.4 is 11.3 Å². The number of piperidine rings is 1. The van der Waals surface area contributed by atoms with E-state index < -0.39 is 11.5 Å². The number of benzene rings is 1. The van der Waals surface area contributed by atoms with Gasteiger partial charge in [-0.3, -0.25) is 15.5 Å². The van der Waals surface area contributed by atoms with Crippen molar-refractivity contribution in [3.8, 4) is 0 Å². The van der Waals surface area contributed by atoms with Crippen molar-refractivity contribution in [2.24, 2.45) is 5.84 Å². The molecule has 1 aliphatic heterocycles. The lowest BCUT2D eigenvalue weighted by Crippen LogP contribution is -2.60. The van der Waals surface area contributed by atoms with Crippen molar-refractivity contribution in [1.29, 1.82) is 0 Å². The number of likely N-dealkylation sites (tertiary alicyclic amines) is 1. The number of nitrogens with zero attached hydrogens (tertiary/aromatic N) is 1. The van der Waals surface area contributed by atoms with Crippen LogP contribution in [0.1, 0.15) is 18.4 Å². The van der Waals surface area contributed by atoms with Crippen LogP contribution in [0.2, 0.25) is 0 Å². The highest BCUT2D eigenvalue weighted by Crippen LogP contribution is 2.23. The molecule has 19 heavy (non-hydrogen) atoms. The quantitative estimate of drug-likeness (QED) is 0.568. The van der Waals surface area contributed by atoms with Crippen LogP contribution in [0.3, 0.4) is 0 Å². The van der Waals surface area contributed by atoms with Crippen molar-refractivity contribution in [3.05, 3.63) is 35.9 Å². The molecule has 1 saturated heterocycles. The normalized spacial score (nSPS) is 18.6. The summed E-state index contributed by atoms with van der Waals surface area (Å²) in [5, 5.41) is 9.20. The van der Waals surface area contributed by atoms with E-state index in [9.17, 15) is 9.90 Å². The second-order valence-electron chi connectivity index (χ2n) is 4.79. The fraction of sp³-hybridized carbons (Fsp3) is 0.462. The van der Waals surface area contributed by atoms with E-state index in [4.69, 9.17) is 5.84 Å². The molecule has 0 unspecified atom stereocenters. The molecule has 0 amide bonds. The molecular formula is C13H20ClN3O2. The molecule has 1 aromatic rings. The SMILES string of the molecule is Cl.NNC1(C(=O)O)CCN(Cc2ccccc2)CC1. The average molecular weight is 286 g/mol. The van der Waals surface area contributed by atoms with Crippen LogP contribution in [0.25, 0.3) is 0 Å². The molecule has 6 heteroatoms. The van der Waals surface area contributed by atoms with Gasteiger partial charge in [0.1, 0.15) is 5.54 Å². The zero-order valence-corrected chi connectivity index (χ0v) is 11.5. The molecule has 106 valence electrons. The van der Waals surface area contributed by atoms with Crippen molar-refractivity contribution in [2.45, 2.75) is 24.9 Å². The minimum absolute atomic E-state index is 0. The highest BCUT2D eigenvalue weighted by Gasteiger charge is 2.40. The highest BCUT2D eigenvalue weighted by molar-refractivity contribution is 5.85. The lowest BCUT2D eigenvalue weighted by molar-refractivity contribution is -0.147. The summed E-state index contributed by atoms with van der Waals surface area (Å²) in [7, 11) is 0. The number of rotatable bonds is 4. The number of halogens is 1. The lowest BCUT2D eigenvalue weighted by Gasteiger charge is -2.38. The Morgan fingerprint density at radius 2 is 1.89 bits per heavy atom. The summed E-state index contributed by atoms with van der Waals surface area (Å²) in [6.07, 6.45) is 1.07. The molecule has 1 aromatic carbocycles. The van der Waals surface area contributed by atoms with Gasteiger partial charge < -0.3 is 5.11 Å². The molecule has 0 spiro atoms. The van der Waals surface area contributed by atoms with E-state index in [1.807, 2.05) is 18.2 Å². The van der Waals surface area contributed by atoms with Gasteiger partial charge in [-0.1, -0.05) is 30.3 Å². The number of nitrogens with one attached hydrogen (secondary N) is 1. The third-order valence-electron chi connectivity index (χ3n) is 3.64. The number of aliphatic carboxylic acids is 1. The van der Waals surface area contributed by atoms with Crippen molar-refractivity contribution < 1.29 is 9.90 Å². The molecule has 1 heterocycles. The van der Waals surface area contributed by atoms with Gasteiger partial charge in [0, 0.05) is 19.6 Å². The molecule has 2 rings (SSSR count). The number of carboxylic acid groups (broad SMARTS) is 1. The first-order chi connectivity index (χ1) is 8.66. The number of hydrogen-bond donors (Lipinski definition) is 3. The van der Waals surface area contributed by atoms with E-state index in [2.05, 4.69) is 22.5 Å². The monoisotopic (exact) mass is 285 g/mol. The molecule has 4 N–H and O–H groups in total. The Morgan fingerprint density at radius 3 is 2.37 bits per heavy atom. The standard InChI is InChI=1S/C13H19N3O2.ClH/c14-15-13(12(17)18)6-8-16(9-7-13)10-11-4-2-1-3-5-11;/h1-5,15H,6-10,14H2,(H,17,18);1H. The third kappa shape index (κ3) is 3.67. The van der Waals surface area contributed by atoms with Gasteiger partial charge in [0.05, 0.1) is 0 Å². The number of carboxylic acids is 1. The lowest BCUT2D eigenvalue weighted by atomic mass is 9.88. The zero-order chi connectivity index (χ0) is 13.0. The van der Waals surface area contributed by atoms with E-state index >= 15 is 0 Å². The first kappa shape index (κ1) is 15.9. The van der Waals surface area contributed by atoms with Gasteiger partial charge in [-0.2, -0.15) is 0 Å². The van der Waals surface area contributed by atoms with Gasteiger partial charge in [-0.15, -0.1) is 12.4 Å². The molecule has 0 atom stereocenters. The largest absolute Gasteiger partial charge is 0.480 e. The molecule has 5 nitrogen and oxygen atoms in total. The Morgan fingerprint density at radius 1 is 1.32 bits per heavy atom. The Bertz CT molecular complexity index is 406. The predicted octanol–water partition coefficient (Wildman–Crippen LogP) is 0.991. The summed E-state index contributed by atoms with van der Waals surface area (Å²) in [5.41, 5.74) is 2.77. The number of hydrazine groups is 1. The van der Waals surface area contributed by atoms with Crippen LogP contribution in [0, 0.1) is 0 Å². The molecule has 0 saturated carbocycles. The Hall–Kier alpha value is -1.14. The summed E-state index contributed by atoms with van der Waals surface area (Å²) in [4.78, 5) is 13.5. The van der Waals surface area contributed by atoms with Crippen LogP contribution in [0.4, 0.5) is 0 Å². The van der Waals surface area contributed by atoms with Crippen LogP contribution in [0.5, 0.6) is 0 Å². The highest BCUT2D eigenvalue weighted by atomic mass is 35.5. The maximum absolute atomic E-state index is 11.2. The van der Waals surface area contributed by atoms with Crippen molar-refractivity contribution in [2.75, 3.05) is 13.1 Å². The van der Waals surface area contributed by atoms with Crippen LogP contribution >= 0.6 is 12.4 Å². The summed E-state index contributed by atoms with van der Waals surface area (Å²) in [6.45, 7) is 2.35. The zero-order valence-electron chi connectivity index (χ0n) is 10.7. The molecule has 1 aliphatic rings. The first-order valence-electron chi connectivity index (χ1n) is 6.14. The number of hydrogen-bond acceptors (Lipinski definition) is 4. The predicted molar refractivity (Wildman–Crippen MR) is 75.9 cm³/mol. The van der Waals surface area contributed by atoms with Crippen LogP contribution in [-0.2, 0) is 11.3 Å². The molecular weight excluding hydrogens is 266 g/mol. The average Bonchev–Trinajstić information content (AvgIpc) is 2.41. The first-order valence-corrected chi connectivity index (χ1v) is 6.14. The summed E-state index contributed by atoms with van der Waals surface area (Å²) >= 11 is 0. The minimum Gasteiger partial charge on any atom is -0.480 e. The topological polar surface area (TPSA) is 78.6 Å². The molecule has 0 aliphatic carbocycles. The van der Waals surface area contributed by atoms with Gasteiger partial charge in [-0.25, -0.2) is 5.43 Å². The number of nitrogens with two attached hydrogens (primary N) is 1. The van der Waals surface area contributed by atoms with E-state index in [0.29, 0.717) is 12.8 Å². The van der Waals surface area contributed by atoms with Gasteiger partial charge in [0.2, 0.25) is 0 Å². The summed E-state index contributed by atoms with van der Waals surface area (Å²) in [5.74, 6) is 4.53. The minimum atomic E-state index is -0.951. The van der Waals surface area contributed by atoms with Crippen molar-refractivity contribution in [3.63, 3.8) is 0 Å². The Balaban J connectivity index is 0.00000180. The maximum atomic E-state index is 11.2. The second kappa shape index (κ2) is 6.86. The van der Waals surface area contributed by atoms with Crippen LogP contribution in [0.15, 0.2) is 30.3 Å². The summed E-state index contributed by atoms with van der Waals surface area (Å²) < 4.78 is 0. The maximum Gasteiger partial charge on any atom is 0.325 e. The molecule has 0 radical (unpaired) electrons. The van der Waals surface area contributed by atoms with Gasteiger partial charge in [0.25, 0.3) is 0 Å². The van der Waals surface area contributed by atoms with Crippen molar-refractivity contribution >= 4 is 18.4 Å². The second-order valence-corrected chi connectivity index (χ2v) is 4.79. The number of carbonyl (C=O) groups is 1. The van der Waals surface area contributed by atoms with Crippen molar-refractivity contribution in [1.82, 2.24) is 10.3 Å². The smallest absolute Gasteiger partial charge is 0.325 e. The summed E-state index contributed by atoms with van der Waals surface area (Å²) in [6, 6.07) is 10.2. The van der Waals surface area contributed by atoms with E-state index in [1.165, 1.54) is 5.56 Å². The fourth-order valence-electron chi connectivity index (χ4n) is 2.35. The van der Waals surface area contributed by atoms with Gasteiger partial charge >= 0.3 is 5.97 Å². The van der Waals surface area contributed by atoms with Gasteiger partial charge in [0.15, 0.2) is 0 Å². The van der Waals surface area contributed by atoms with Crippen LogP contribution in [-0.4, -0.2) is 34.6 Å². The molecule has 0 aromatic heterocycles. The van der Waals surface area contributed by atoms with E-state index in [-0.39, 0.29) is 12.4 Å². The molecule has 1 fully saturated rings. The Labute approximate surface area is 119 Å². The third-order valence-corrected chi connectivity index (χ3v) is 3.64. The Kier molecular flexibility index (Phi) is 5.75. The van der Waals surface area contributed by atoms with Gasteiger partial charge in [-0.05, 0) is 18.4 Å².